The van der Waals surface area contributed by atoms with Gasteiger partial charge >= 0.3 is 5.97 Å². The average Bonchev–Trinajstić information content (AvgIpc) is 2.21. The van der Waals surface area contributed by atoms with Crippen LogP contribution in [0.25, 0.3) is 0 Å². The molecule has 1 aromatic carbocycles. The lowest BCUT2D eigenvalue weighted by atomic mass is 10.2. The zero-order valence-corrected chi connectivity index (χ0v) is 10.4. The highest BCUT2D eigenvalue weighted by Gasteiger charge is 2.14. The molecule has 1 unspecified atom stereocenters. The number of alkyl halides is 1. The summed E-state index contributed by atoms with van der Waals surface area (Å²) in [7, 11) is 0. The molecule has 0 saturated carbocycles. The molecule has 0 aliphatic carbocycles. The molecule has 82 valence electrons. The lowest BCUT2D eigenvalue weighted by Gasteiger charge is -2.12. The molecule has 5 heteroatoms. The Hall–Kier alpha value is -0.740. The molecule has 1 N–H and O–H groups in total. The third kappa shape index (κ3) is 3.39. The topological polar surface area (TPSA) is 46.5 Å². The quantitative estimate of drug-likeness (QED) is 0.868. The van der Waals surface area contributed by atoms with Gasteiger partial charge in [0.15, 0.2) is 6.10 Å². The van der Waals surface area contributed by atoms with E-state index in [1.807, 2.05) is 6.07 Å². The van der Waals surface area contributed by atoms with Crippen LogP contribution in [-0.2, 0) is 10.1 Å². The first-order valence-electron chi connectivity index (χ1n) is 4.28. The number of aliphatic carboxylic acids is 1. The van der Waals surface area contributed by atoms with Gasteiger partial charge in [0.25, 0.3) is 0 Å². The highest BCUT2D eigenvalue weighted by molar-refractivity contribution is 9.08. The third-order valence-electron chi connectivity index (χ3n) is 1.80. The Labute approximate surface area is 101 Å². The molecule has 0 aromatic heterocycles. The molecule has 0 fully saturated rings. The number of rotatable bonds is 4. The van der Waals surface area contributed by atoms with Crippen molar-refractivity contribution in [2.75, 3.05) is 0 Å². The van der Waals surface area contributed by atoms with Gasteiger partial charge in [-0.05, 0) is 24.6 Å². The van der Waals surface area contributed by atoms with Gasteiger partial charge in [-0.25, -0.2) is 4.79 Å². The van der Waals surface area contributed by atoms with Crippen LogP contribution in [0.4, 0.5) is 0 Å². The summed E-state index contributed by atoms with van der Waals surface area (Å²) in [4.78, 5) is 10.6. The average molecular weight is 294 g/mol. The molecule has 0 bridgehead atoms. The Bertz CT molecular complexity index is 368. The molecule has 1 rings (SSSR count). The zero-order valence-electron chi connectivity index (χ0n) is 8.04. The van der Waals surface area contributed by atoms with E-state index >= 15 is 0 Å². The van der Waals surface area contributed by atoms with E-state index in [0.717, 1.165) is 5.56 Å². The molecule has 0 aliphatic rings. The second-order valence-electron chi connectivity index (χ2n) is 3.00. The summed E-state index contributed by atoms with van der Waals surface area (Å²) in [6.45, 7) is 1.46. The summed E-state index contributed by atoms with van der Waals surface area (Å²) in [5.74, 6) is -0.626. The summed E-state index contributed by atoms with van der Waals surface area (Å²) in [5.41, 5.74) is 0.979. The van der Waals surface area contributed by atoms with Crippen LogP contribution in [0.5, 0.6) is 5.75 Å². The number of hydrogen-bond acceptors (Lipinski definition) is 2. The highest BCUT2D eigenvalue weighted by atomic mass is 79.9. The summed E-state index contributed by atoms with van der Waals surface area (Å²) in [6, 6.07) is 5.24. The number of benzene rings is 1. The van der Waals surface area contributed by atoms with Crippen LogP contribution in [0.3, 0.4) is 0 Å². The van der Waals surface area contributed by atoms with Crippen molar-refractivity contribution in [2.45, 2.75) is 18.4 Å². The van der Waals surface area contributed by atoms with Crippen molar-refractivity contribution in [3.05, 3.63) is 28.8 Å². The van der Waals surface area contributed by atoms with Crippen LogP contribution >= 0.6 is 27.5 Å². The minimum atomic E-state index is -1.02. The predicted octanol–water partition coefficient (Wildman–Crippen LogP) is 3.09. The van der Waals surface area contributed by atoms with Crippen LogP contribution in [0, 0.1) is 0 Å². The predicted molar refractivity (Wildman–Crippen MR) is 61.8 cm³/mol. The molecular weight excluding hydrogens is 283 g/mol. The van der Waals surface area contributed by atoms with Crippen molar-refractivity contribution in [2.24, 2.45) is 0 Å². The first-order valence-corrected chi connectivity index (χ1v) is 5.78. The number of hydrogen-bond donors (Lipinski definition) is 1. The Morgan fingerprint density at radius 2 is 2.33 bits per heavy atom. The highest BCUT2D eigenvalue weighted by Crippen LogP contribution is 2.27. The van der Waals surface area contributed by atoms with Crippen LogP contribution in [0.2, 0.25) is 5.02 Å². The maximum atomic E-state index is 10.6. The normalized spacial score (nSPS) is 12.2. The smallest absolute Gasteiger partial charge is 0.344 e. The van der Waals surface area contributed by atoms with Gasteiger partial charge in [-0.2, -0.15) is 0 Å². The van der Waals surface area contributed by atoms with Crippen molar-refractivity contribution in [3.63, 3.8) is 0 Å². The van der Waals surface area contributed by atoms with Crippen LogP contribution in [0.1, 0.15) is 12.5 Å². The zero-order chi connectivity index (χ0) is 11.4. The molecule has 0 spiro atoms. The monoisotopic (exact) mass is 292 g/mol. The Balaban J connectivity index is 2.88. The fourth-order valence-corrected chi connectivity index (χ4v) is 1.47. The summed E-state index contributed by atoms with van der Waals surface area (Å²) >= 11 is 9.17. The van der Waals surface area contributed by atoms with Crippen molar-refractivity contribution in [3.8, 4) is 5.75 Å². The Morgan fingerprint density at radius 3 is 2.87 bits per heavy atom. The molecule has 0 heterocycles. The van der Waals surface area contributed by atoms with Crippen LogP contribution < -0.4 is 4.74 Å². The SMILES string of the molecule is CC(Oc1cc(CBr)ccc1Cl)C(=O)O. The van der Waals surface area contributed by atoms with Crippen molar-refractivity contribution in [1.82, 2.24) is 0 Å². The van der Waals surface area contributed by atoms with Gasteiger partial charge in [0.2, 0.25) is 0 Å². The molecule has 1 atom stereocenters. The van der Waals surface area contributed by atoms with Gasteiger partial charge in [-0.15, -0.1) is 0 Å². The minimum absolute atomic E-state index is 0.392. The Kier molecular flexibility index (Phi) is 4.42. The van der Waals surface area contributed by atoms with E-state index in [2.05, 4.69) is 15.9 Å². The maximum absolute atomic E-state index is 10.6. The van der Waals surface area contributed by atoms with Gasteiger partial charge in [-0.1, -0.05) is 33.6 Å². The van der Waals surface area contributed by atoms with Crippen molar-refractivity contribution < 1.29 is 14.6 Å². The van der Waals surface area contributed by atoms with E-state index in [4.69, 9.17) is 21.4 Å². The molecule has 15 heavy (non-hydrogen) atoms. The second-order valence-corrected chi connectivity index (χ2v) is 3.96. The molecular formula is C10H10BrClO3. The number of carbonyl (C=O) groups is 1. The fourth-order valence-electron chi connectivity index (χ4n) is 0.962. The van der Waals surface area contributed by atoms with Crippen LogP contribution in [-0.4, -0.2) is 17.2 Å². The summed E-state index contributed by atoms with van der Waals surface area (Å²) < 4.78 is 5.20. The first kappa shape index (κ1) is 12.3. The number of halogens is 2. The lowest BCUT2D eigenvalue weighted by molar-refractivity contribution is -0.144. The number of ether oxygens (including phenoxy) is 1. The standard InChI is InChI=1S/C10H10BrClO3/c1-6(10(13)14)15-9-4-7(5-11)2-3-8(9)12/h2-4,6H,5H2,1H3,(H,13,14). The van der Waals surface area contributed by atoms with Crippen molar-refractivity contribution in [1.29, 1.82) is 0 Å². The molecule has 0 amide bonds. The molecule has 1 aromatic rings. The number of carboxylic acid groups (broad SMARTS) is 1. The number of carboxylic acids is 1. The summed E-state index contributed by atoms with van der Waals surface area (Å²) in [6.07, 6.45) is -0.909. The van der Waals surface area contributed by atoms with Gasteiger partial charge in [0, 0.05) is 5.33 Å². The molecule has 3 nitrogen and oxygen atoms in total. The lowest BCUT2D eigenvalue weighted by Crippen LogP contribution is -2.23. The van der Waals surface area contributed by atoms with Gasteiger partial charge in [0.1, 0.15) is 5.75 Å². The fraction of sp³-hybridized carbons (Fsp3) is 0.300. The first-order chi connectivity index (χ1) is 7.04. The minimum Gasteiger partial charge on any atom is -0.479 e. The van der Waals surface area contributed by atoms with Crippen LogP contribution in [0.15, 0.2) is 18.2 Å². The van der Waals surface area contributed by atoms with Crippen molar-refractivity contribution >= 4 is 33.5 Å². The maximum Gasteiger partial charge on any atom is 0.344 e. The van der Waals surface area contributed by atoms with E-state index in [1.54, 1.807) is 12.1 Å². The second kappa shape index (κ2) is 5.37. The van der Waals surface area contributed by atoms with Gasteiger partial charge in [-0.3, -0.25) is 0 Å². The van der Waals surface area contributed by atoms with E-state index in [9.17, 15) is 4.79 Å². The third-order valence-corrected chi connectivity index (χ3v) is 2.76. The molecule has 0 radical (unpaired) electrons. The summed E-state index contributed by atoms with van der Waals surface area (Å²) in [5, 5.41) is 9.76. The van der Waals surface area contributed by atoms with Gasteiger partial charge in [0.05, 0.1) is 5.02 Å². The largest absolute Gasteiger partial charge is 0.479 e. The molecule has 0 aliphatic heterocycles. The Morgan fingerprint density at radius 1 is 1.67 bits per heavy atom. The van der Waals surface area contributed by atoms with Gasteiger partial charge < -0.3 is 9.84 Å². The van der Waals surface area contributed by atoms with E-state index in [1.165, 1.54) is 6.92 Å². The molecule has 0 saturated heterocycles. The van der Waals surface area contributed by atoms with E-state index in [0.29, 0.717) is 16.1 Å². The van der Waals surface area contributed by atoms with E-state index < -0.39 is 12.1 Å². The van der Waals surface area contributed by atoms with E-state index in [-0.39, 0.29) is 0 Å².